The molecule has 1 heterocycles. The predicted molar refractivity (Wildman–Crippen MR) is 76.4 cm³/mol. The maximum absolute atomic E-state index is 12.2. The van der Waals surface area contributed by atoms with Crippen LogP contribution in [-0.4, -0.2) is 20.7 Å². The van der Waals surface area contributed by atoms with Gasteiger partial charge in [0.15, 0.2) is 0 Å². The van der Waals surface area contributed by atoms with Crippen LogP contribution in [0.5, 0.6) is 0 Å². The van der Waals surface area contributed by atoms with Crippen molar-refractivity contribution >= 4 is 5.91 Å². The third kappa shape index (κ3) is 2.79. The Labute approximate surface area is 118 Å². The van der Waals surface area contributed by atoms with Crippen LogP contribution in [0.2, 0.25) is 0 Å². The summed E-state index contributed by atoms with van der Waals surface area (Å²) in [5, 5.41) is 3.94. The second kappa shape index (κ2) is 5.99. The summed E-state index contributed by atoms with van der Waals surface area (Å²) in [6.45, 7) is 0. The number of rotatable bonds is 3. The molecular weight excluding hydrogens is 250 g/mol. The lowest BCUT2D eigenvalue weighted by atomic mass is 9.74. The second-order valence-electron chi connectivity index (χ2n) is 5.50. The zero-order valence-electron chi connectivity index (χ0n) is 11.5. The Morgan fingerprint density at radius 1 is 1.20 bits per heavy atom. The standard InChI is InChI=1S/C16H19N3O/c20-16(19-12-17-11-18-19)10-14-8-4-5-9-15(14)13-6-2-1-3-7-13/h1-3,6-7,11-12,14-15H,4-5,8-10H2. The van der Waals surface area contributed by atoms with Gasteiger partial charge in [-0.1, -0.05) is 43.2 Å². The summed E-state index contributed by atoms with van der Waals surface area (Å²) in [5.41, 5.74) is 1.36. The Balaban J connectivity index is 1.74. The fraction of sp³-hybridized carbons (Fsp3) is 0.438. The van der Waals surface area contributed by atoms with Crippen LogP contribution in [-0.2, 0) is 0 Å². The molecule has 1 aromatic heterocycles. The molecule has 0 N–H and O–H groups in total. The van der Waals surface area contributed by atoms with E-state index in [4.69, 9.17) is 0 Å². The van der Waals surface area contributed by atoms with Gasteiger partial charge in [0.25, 0.3) is 0 Å². The molecule has 4 heteroatoms. The number of hydrogen-bond donors (Lipinski definition) is 0. The fourth-order valence-electron chi connectivity index (χ4n) is 3.25. The lowest BCUT2D eigenvalue weighted by Crippen LogP contribution is -2.23. The molecule has 1 saturated carbocycles. The predicted octanol–water partition coefficient (Wildman–Crippen LogP) is 3.28. The quantitative estimate of drug-likeness (QED) is 0.859. The van der Waals surface area contributed by atoms with Crippen LogP contribution < -0.4 is 0 Å². The molecule has 1 aliphatic carbocycles. The number of carbonyl (C=O) groups is 1. The van der Waals surface area contributed by atoms with Gasteiger partial charge in [0.05, 0.1) is 0 Å². The highest BCUT2D eigenvalue weighted by atomic mass is 16.2. The monoisotopic (exact) mass is 269 g/mol. The van der Waals surface area contributed by atoms with E-state index in [-0.39, 0.29) is 5.91 Å². The summed E-state index contributed by atoms with van der Waals surface area (Å²) >= 11 is 0. The molecule has 3 rings (SSSR count). The molecule has 0 bridgehead atoms. The first-order valence-corrected chi connectivity index (χ1v) is 7.27. The highest BCUT2D eigenvalue weighted by Crippen LogP contribution is 2.39. The molecule has 2 aromatic rings. The van der Waals surface area contributed by atoms with Crippen LogP contribution >= 0.6 is 0 Å². The van der Waals surface area contributed by atoms with E-state index in [2.05, 4.69) is 34.3 Å². The van der Waals surface area contributed by atoms with Gasteiger partial charge in [-0.15, -0.1) is 0 Å². The van der Waals surface area contributed by atoms with Gasteiger partial charge in [-0.05, 0) is 30.2 Å². The van der Waals surface area contributed by atoms with E-state index in [0.29, 0.717) is 18.3 Å². The van der Waals surface area contributed by atoms with E-state index in [1.807, 2.05) is 6.07 Å². The van der Waals surface area contributed by atoms with Crippen molar-refractivity contribution in [2.75, 3.05) is 0 Å². The van der Waals surface area contributed by atoms with Crippen molar-refractivity contribution in [3.63, 3.8) is 0 Å². The summed E-state index contributed by atoms with van der Waals surface area (Å²) in [6, 6.07) is 10.6. The SMILES string of the molecule is O=C(CC1CCCCC1c1ccccc1)n1cncn1. The minimum atomic E-state index is 0.0512. The van der Waals surface area contributed by atoms with Crippen molar-refractivity contribution in [2.45, 2.75) is 38.0 Å². The smallest absolute Gasteiger partial charge is 0.248 e. The van der Waals surface area contributed by atoms with Crippen LogP contribution in [0, 0.1) is 5.92 Å². The van der Waals surface area contributed by atoms with Crippen molar-refractivity contribution in [1.82, 2.24) is 14.8 Å². The highest BCUT2D eigenvalue weighted by molar-refractivity contribution is 5.77. The van der Waals surface area contributed by atoms with Gasteiger partial charge < -0.3 is 0 Å². The molecule has 0 amide bonds. The van der Waals surface area contributed by atoms with Crippen LogP contribution in [0.1, 0.15) is 48.4 Å². The largest absolute Gasteiger partial charge is 0.273 e. The highest BCUT2D eigenvalue weighted by Gasteiger charge is 2.28. The second-order valence-corrected chi connectivity index (χ2v) is 5.50. The molecule has 2 unspecified atom stereocenters. The first-order chi connectivity index (χ1) is 9.84. The maximum Gasteiger partial charge on any atom is 0.248 e. The first-order valence-electron chi connectivity index (χ1n) is 7.27. The lowest BCUT2D eigenvalue weighted by Gasteiger charge is -2.31. The number of carbonyl (C=O) groups excluding carboxylic acids is 1. The van der Waals surface area contributed by atoms with Gasteiger partial charge >= 0.3 is 0 Å². The summed E-state index contributed by atoms with van der Waals surface area (Å²) in [5.74, 6) is 0.968. The van der Waals surface area contributed by atoms with Crippen LogP contribution in [0.3, 0.4) is 0 Å². The molecule has 1 aliphatic rings. The van der Waals surface area contributed by atoms with Gasteiger partial charge in [-0.3, -0.25) is 4.79 Å². The maximum atomic E-state index is 12.2. The molecule has 20 heavy (non-hydrogen) atoms. The van der Waals surface area contributed by atoms with Crippen molar-refractivity contribution in [3.05, 3.63) is 48.5 Å². The summed E-state index contributed by atoms with van der Waals surface area (Å²) in [6.07, 6.45) is 8.24. The van der Waals surface area contributed by atoms with Crippen molar-refractivity contribution in [3.8, 4) is 0 Å². The Kier molecular flexibility index (Phi) is 3.90. The van der Waals surface area contributed by atoms with E-state index >= 15 is 0 Å². The average Bonchev–Trinajstić information content (AvgIpc) is 3.03. The average molecular weight is 269 g/mol. The van der Waals surface area contributed by atoms with Crippen LogP contribution in [0.15, 0.2) is 43.0 Å². The van der Waals surface area contributed by atoms with Crippen molar-refractivity contribution < 1.29 is 4.79 Å². The Morgan fingerprint density at radius 2 is 2.00 bits per heavy atom. The number of hydrogen-bond acceptors (Lipinski definition) is 3. The fourth-order valence-corrected chi connectivity index (χ4v) is 3.25. The van der Waals surface area contributed by atoms with Crippen molar-refractivity contribution in [2.24, 2.45) is 5.92 Å². The van der Waals surface area contributed by atoms with E-state index in [9.17, 15) is 4.79 Å². The van der Waals surface area contributed by atoms with E-state index in [0.717, 1.165) is 6.42 Å². The molecule has 0 radical (unpaired) electrons. The van der Waals surface area contributed by atoms with Gasteiger partial charge in [-0.2, -0.15) is 9.78 Å². The molecule has 0 spiro atoms. The third-order valence-electron chi connectivity index (χ3n) is 4.25. The van der Waals surface area contributed by atoms with Gasteiger partial charge in [0, 0.05) is 6.42 Å². The summed E-state index contributed by atoms with van der Waals surface area (Å²) in [7, 11) is 0. The first kappa shape index (κ1) is 13.0. The Hall–Kier alpha value is -1.97. The third-order valence-corrected chi connectivity index (χ3v) is 4.25. The molecule has 2 atom stereocenters. The zero-order chi connectivity index (χ0) is 13.8. The topological polar surface area (TPSA) is 47.8 Å². The molecule has 1 fully saturated rings. The van der Waals surface area contributed by atoms with Gasteiger partial charge in [0.2, 0.25) is 5.91 Å². The minimum Gasteiger partial charge on any atom is -0.273 e. The molecule has 104 valence electrons. The van der Waals surface area contributed by atoms with E-state index in [1.165, 1.54) is 42.2 Å². The van der Waals surface area contributed by atoms with Crippen LogP contribution in [0.4, 0.5) is 0 Å². The zero-order valence-corrected chi connectivity index (χ0v) is 11.5. The minimum absolute atomic E-state index is 0.0512. The van der Waals surface area contributed by atoms with E-state index < -0.39 is 0 Å². The molecule has 4 nitrogen and oxygen atoms in total. The molecule has 1 aromatic carbocycles. The van der Waals surface area contributed by atoms with Gasteiger partial charge in [-0.25, -0.2) is 4.98 Å². The number of aromatic nitrogens is 3. The lowest BCUT2D eigenvalue weighted by molar-refractivity contribution is 0.0842. The normalized spacial score (nSPS) is 22.6. The molecular formula is C16H19N3O. The van der Waals surface area contributed by atoms with Crippen molar-refractivity contribution in [1.29, 1.82) is 0 Å². The molecule has 0 aliphatic heterocycles. The number of benzene rings is 1. The Bertz CT molecular complexity index is 550. The van der Waals surface area contributed by atoms with Gasteiger partial charge in [0.1, 0.15) is 12.7 Å². The molecule has 0 saturated heterocycles. The van der Waals surface area contributed by atoms with Crippen LogP contribution in [0.25, 0.3) is 0 Å². The Morgan fingerprint density at radius 3 is 2.75 bits per heavy atom. The van der Waals surface area contributed by atoms with E-state index in [1.54, 1.807) is 0 Å². The number of nitrogens with zero attached hydrogens (tertiary/aromatic N) is 3. The summed E-state index contributed by atoms with van der Waals surface area (Å²) in [4.78, 5) is 16.1. The summed E-state index contributed by atoms with van der Waals surface area (Å²) < 4.78 is 1.36.